The summed E-state index contributed by atoms with van der Waals surface area (Å²) in [4.78, 5) is 12.8. The van der Waals surface area contributed by atoms with Gasteiger partial charge in [0, 0.05) is 0 Å². The highest BCUT2D eigenvalue weighted by Crippen LogP contribution is 2.35. The van der Waals surface area contributed by atoms with E-state index < -0.39 is 5.54 Å². The molecule has 1 aliphatic heterocycles. The minimum absolute atomic E-state index is 0.107. The molecule has 3 nitrogen and oxygen atoms in total. The number of hydrogen-bond donors (Lipinski definition) is 2. The summed E-state index contributed by atoms with van der Waals surface area (Å²) in [6.07, 6.45) is 7.38. The number of hydrogen-bond acceptors (Lipinski definition) is 3. The zero-order valence-corrected chi connectivity index (χ0v) is 13.2. The number of rotatable bonds is 4. The third-order valence-corrected chi connectivity index (χ3v) is 6.36. The van der Waals surface area contributed by atoms with Crippen molar-refractivity contribution in [2.24, 2.45) is 11.7 Å². The Morgan fingerprint density at radius 1 is 1.42 bits per heavy atom. The van der Waals surface area contributed by atoms with Gasteiger partial charge in [0.05, 0.1) is 15.8 Å². The molecule has 2 fully saturated rings. The highest BCUT2D eigenvalue weighted by molar-refractivity contribution is 8.00. The van der Waals surface area contributed by atoms with Crippen LogP contribution in [0.4, 0.5) is 0 Å². The van der Waals surface area contributed by atoms with Gasteiger partial charge in [-0.3, -0.25) is 4.79 Å². The Labute approximate surface area is 125 Å². The minimum Gasteiger partial charge on any atom is -0.391 e. The molecule has 1 amide bonds. The van der Waals surface area contributed by atoms with Crippen LogP contribution in [0.15, 0.2) is 0 Å². The van der Waals surface area contributed by atoms with Crippen LogP contribution in [0.25, 0.3) is 0 Å². The van der Waals surface area contributed by atoms with E-state index in [1.54, 1.807) is 11.8 Å². The van der Waals surface area contributed by atoms with Crippen LogP contribution in [0.3, 0.4) is 0 Å². The van der Waals surface area contributed by atoms with Gasteiger partial charge in [0.15, 0.2) is 0 Å². The summed E-state index contributed by atoms with van der Waals surface area (Å²) >= 11 is 7.01. The van der Waals surface area contributed by atoms with E-state index in [0.717, 1.165) is 50.2 Å². The van der Waals surface area contributed by atoms with Crippen LogP contribution in [-0.2, 0) is 4.79 Å². The van der Waals surface area contributed by atoms with Gasteiger partial charge in [0.1, 0.15) is 0 Å². The SMILES string of the molecule is CCC1CCC(NC(=O)C2CCCS2)(C(N)=S)CC1. The molecule has 1 saturated heterocycles. The van der Waals surface area contributed by atoms with Crippen LogP contribution in [-0.4, -0.2) is 27.4 Å². The molecule has 3 N–H and O–H groups in total. The normalized spacial score (nSPS) is 35.0. The number of nitrogens with two attached hydrogens (primary N) is 1. The first-order valence-corrected chi connectivity index (χ1v) is 8.76. The molecule has 2 rings (SSSR count). The monoisotopic (exact) mass is 300 g/mol. The lowest BCUT2D eigenvalue weighted by Gasteiger charge is -2.40. The Hall–Kier alpha value is -0.290. The van der Waals surface area contributed by atoms with E-state index >= 15 is 0 Å². The number of thioether (sulfide) groups is 1. The first kappa shape index (κ1) is 15.1. The number of nitrogens with one attached hydrogen (secondary N) is 1. The second-order valence-corrected chi connectivity index (χ2v) is 7.54. The molecule has 1 atom stereocenters. The quantitative estimate of drug-likeness (QED) is 0.784. The summed E-state index contributed by atoms with van der Waals surface area (Å²) in [7, 11) is 0. The van der Waals surface area contributed by atoms with Gasteiger partial charge in [0.2, 0.25) is 5.91 Å². The summed E-state index contributed by atoms with van der Waals surface area (Å²) in [5, 5.41) is 3.30. The lowest BCUT2D eigenvalue weighted by Crippen LogP contribution is -2.59. The van der Waals surface area contributed by atoms with E-state index in [1.807, 2.05) is 0 Å². The van der Waals surface area contributed by atoms with Crippen LogP contribution < -0.4 is 11.1 Å². The van der Waals surface area contributed by atoms with Gasteiger partial charge in [-0.1, -0.05) is 25.6 Å². The highest BCUT2D eigenvalue weighted by Gasteiger charge is 2.40. The van der Waals surface area contributed by atoms with E-state index in [-0.39, 0.29) is 11.2 Å². The molecule has 5 heteroatoms. The first-order chi connectivity index (χ1) is 9.07. The van der Waals surface area contributed by atoms with E-state index in [9.17, 15) is 4.79 Å². The average Bonchev–Trinajstić information content (AvgIpc) is 2.93. The molecule has 0 aromatic carbocycles. The van der Waals surface area contributed by atoms with Crippen molar-refractivity contribution >= 4 is 34.9 Å². The molecular formula is C14H24N2OS2. The molecule has 0 radical (unpaired) electrons. The molecule has 108 valence electrons. The smallest absolute Gasteiger partial charge is 0.233 e. The zero-order chi connectivity index (χ0) is 13.9. The Balaban J connectivity index is 2.00. The van der Waals surface area contributed by atoms with Crippen molar-refractivity contribution in [2.45, 2.75) is 62.7 Å². The van der Waals surface area contributed by atoms with E-state index in [0.29, 0.717) is 4.99 Å². The summed E-state index contributed by atoms with van der Waals surface area (Å²) in [5.41, 5.74) is 5.53. The van der Waals surface area contributed by atoms with Crippen LogP contribution in [0.2, 0.25) is 0 Å². The Morgan fingerprint density at radius 3 is 2.58 bits per heavy atom. The van der Waals surface area contributed by atoms with Crippen molar-refractivity contribution in [3.05, 3.63) is 0 Å². The summed E-state index contributed by atoms with van der Waals surface area (Å²) in [6.45, 7) is 2.23. The molecule has 19 heavy (non-hydrogen) atoms. The second kappa shape index (κ2) is 6.44. The molecule has 2 aliphatic rings. The number of thiocarbonyl (C=S) groups is 1. The second-order valence-electron chi connectivity index (χ2n) is 5.79. The van der Waals surface area contributed by atoms with Gasteiger partial charge in [0.25, 0.3) is 0 Å². The third kappa shape index (κ3) is 3.43. The minimum atomic E-state index is -0.415. The highest BCUT2D eigenvalue weighted by atomic mass is 32.2. The van der Waals surface area contributed by atoms with Crippen molar-refractivity contribution in [3.8, 4) is 0 Å². The van der Waals surface area contributed by atoms with Crippen molar-refractivity contribution in [1.29, 1.82) is 0 Å². The fraction of sp³-hybridized carbons (Fsp3) is 0.857. The van der Waals surface area contributed by atoms with Crippen molar-refractivity contribution in [1.82, 2.24) is 5.32 Å². The standard InChI is InChI=1S/C14H24N2OS2/c1-2-10-5-7-14(8-6-10,13(15)18)16-12(17)11-4-3-9-19-11/h10-11H,2-9H2,1H3,(H2,15,18)(H,16,17). The Bertz CT molecular complexity index is 345. The summed E-state index contributed by atoms with van der Waals surface area (Å²) in [5.74, 6) is 2.00. The average molecular weight is 300 g/mol. The summed E-state index contributed by atoms with van der Waals surface area (Å²) < 4.78 is 0. The van der Waals surface area contributed by atoms with E-state index in [2.05, 4.69) is 12.2 Å². The Morgan fingerprint density at radius 2 is 2.11 bits per heavy atom. The number of carbonyl (C=O) groups is 1. The van der Waals surface area contributed by atoms with Crippen molar-refractivity contribution < 1.29 is 4.79 Å². The number of amides is 1. The van der Waals surface area contributed by atoms with Crippen LogP contribution in [0.5, 0.6) is 0 Å². The Kier molecular flexibility index (Phi) is 5.12. The van der Waals surface area contributed by atoms with Gasteiger partial charge in [-0.05, 0) is 50.2 Å². The van der Waals surface area contributed by atoms with Crippen molar-refractivity contribution in [3.63, 3.8) is 0 Å². The van der Waals surface area contributed by atoms with E-state index in [1.165, 1.54) is 6.42 Å². The molecule has 1 saturated carbocycles. The van der Waals surface area contributed by atoms with Crippen LogP contribution >= 0.6 is 24.0 Å². The lowest BCUT2D eigenvalue weighted by molar-refractivity contribution is -0.122. The molecule has 0 spiro atoms. The molecule has 1 unspecified atom stereocenters. The molecular weight excluding hydrogens is 276 g/mol. The van der Waals surface area contributed by atoms with Gasteiger partial charge in [-0.15, -0.1) is 11.8 Å². The first-order valence-electron chi connectivity index (χ1n) is 7.31. The molecule has 0 aromatic heterocycles. The van der Waals surface area contributed by atoms with Crippen molar-refractivity contribution in [2.75, 3.05) is 5.75 Å². The van der Waals surface area contributed by atoms with E-state index in [4.69, 9.17) is 18.0 Å². The number of carbonyl (C=O) groups excluding carboxylic acids is 1. The predicted molar refractivity (Wildman–Crippen MR) is 85.4 cm³/mol. The van der Waals surface area contributed by atoms with Crippen LogP contribution in [0, 0.1) is 5.92 Å². The lowest BCUT2D eigenvalue weighted by atomic mass is 9.75. The maximum atomic E-state index is 12.3. The van der Waals surface area contributed by atoms with Gasteiger partial charge < -0.3 is 11.1 Å². The molecule has 0 bridgehead atoms. The zero-order valence-electron chi connectivity index (χ0n) is 11.6. The molecule has 1 aliphatic carbocycles. The fourth-order valence-corrected chi connectivity index (χ4v) is 4.53. The maximum Gasteiger partial charge on any atom is 0.233 e. The molecule has 0 aromatic rings. The topological polar surface area (TPSA) is 55.1 Å². The fourth-order valence-electron chi connectivity index (χ4n) is 3.11. The van der Waals surface area contributed by atoms with Crippen LogP contribution in [0.1, 0.15) is 51.9 Å². The van der Waals surface area contributed by atoms with Gasteiger partial charge in [-0.25, -0.2) is 0 Å². The summed E-state index contributed by atoms with van der Waals surface area (Å²) in [6, 6.07) is 0. The third-order valence-electron chi connectivity index (χ3n) is 4.59. The molecule has 1 heterocycles. The largest absolute Gasteiger partial charge is 0.391 e. The van der Waals surface area contributed by atoms with Gasteiger partial charge in [-0.2, -0.15) is 0 Å². The predicted octanol–water partition coefficient (Wildman–Crippen LogP) is 2.62. The van der Waals surface area contributed by atoms with Gasteiger partial charge >= 0.3 is 0 Å². The maximum absolute atomic E-state index is 12.3.